The summed E-state index contributed by atoms with van der Waals surface area (Å²) < 4.78 is 1.78. The van der Waals surface area contributed by atoms with E-state index >= 15 is 0 Å². The molecule has 0 radical (unpaired) electrons. The maximum absolute atomic E-state index is 9.52. The summed E-state index contributed by atoms with van der Waals surface area (Å²) in [6.07, 6.45) is 4.75. The first kappa shape index (κ1) is 15.1. The van der Waals surface area contributed by atoms with Crippen LogP contribution in [0.1, 0.15) is 25.8 Å². The number of aliphatic hydroxyl groups excluding tert-OH is 1. The molecule has 0 spiro atoms. The Labute approximate surface area is 110 Å². The molecule has 0 saturated heterocycles. The van der Waals surface area contributed by atoms with Crippen LogP contribution in [-0.2, 0) is 13.6 Å². The molecule has 5 nitrogen and oxygen atoms in total. The Morgan fingerprint density at radius 3 is 2.61 bits per heavy atom. The van der Waals surface area contributed by atoms with E-state index in [1.165, 1.54) is 0 Å². The van der Waals surface area contributed by atoms with Gasteiger partial charge in [-0.25, -0.2) is 0 Å². The lowest BCUT2D eigenvalue weighted by atomic mass is 9.97. The SMILES string of the molecule is CC(C)CC(N)C(CO)N(C)Cc1cnn(C)c1. The van der Waals surface area contributed by atoms with Gasteiger partial charge in [0.2, 0.25) is 0 Å². The average molecular weight is 254 g/mol. The summed E-state index contributed by atoms with van der Waals surface area (Å²) in [6, 6.07) is -0.00993. The molecule has 0 aliphatic heterocycles. The topological polar surface area (TPSA) is 67.3 Å². The van der Waals surface area contributed by atoms with Crippen molar-refractivity contribution in [2.75, 3.05) is 13.7 Å². The summed E-state index contributed by atoms with van der Waals surface area (Å²) in [6.45, 7) is 5.14. The van der Waals surface area contributed by atoms with Crippen LogP contribution in [0.25, 0.3) is 0 Å². The summed E-state index contributed by atoms with van der Waals surface area (Å²) in [4.78, 5) is 2.10. The summed E-state index contributed by atoms with van der Waals surface area (Å²) in [5.41, 5.74) is 7.30. The molecule has 1 rings (SSSR count). The Balaban J connectivity index is 2.58. The van der Waals surface area contributed by atoms with Crippen molar-refractivity contribution < 1.29 is 5.11 Å². The molecule has 2 unspecified atom stereocenters. The van der Waals surface area contributed by atoms with Crippen molar-refractivity contribution in [2.24, 2.45) is 18.7 Å². The van der Waals surface area contributed by atoms with Crippen molar-refractivity contribution in [3.63, 3.8) is 0 Å². The number of hydrogen-bond donors (Lipinski definition) is 2. The molecule has 0 aliphatic rings. The molecule has 2 atom stereocenters. The Morgan fingerprint density at radius 2 is 2.17 bits per heavy atom. The molecule has 18 heavy (non-hydrogen) atoms. The van der Waals surface area contributed by atoms with Gasteiger partial charge in [0.15, 0.2) is 0 Å². The number of nitrogens with zero attached hydrogens (tertiary/aromatic N) is 3. The van der Waals surface area contributed by atoms with Crippen molar-refractivity contribution >= 4 is 0 Å². The van der Waals surface area contributed by atoms with Crippen molar-refractivity contribution in [3.05, 3.63) is 18.0 Å². The first-order chi connectivity index (χ1) is 8.43. The second-order valence-corrected chi connectivity index (χ2v) is 5.48. The maximum atomic E-state index is 9.52. The van der Waals surface area contributed by atoms with Gasteiger partial charge in [-0.05, 0) is 19.4 Å². The minimum absolute atomic E-state index is 0.00308. The molecule has 0 fully saturated rings. The van der Waals surface area contributed by atoms with Gasteiger partial charge in [-0.3, -0.25) is 9.58 Å². The fraction of sp³-hybridized carbons (Fsp3) is 0.769. The van der Waals surface area contributed by atoms with Gasteiger partial charge in [0.05, 0.1) is 12.8 Å². The van der Waals surface area contributed by atoms with Gasteiger partial charge in [0.25, 0.3) is 0 Å². The van der Waals surface area contributed by atoms with Crippen molar-refractivity contribution in [2.45, 2.75) is 38.9 Å². The van der Waals surface area contributed by atoms with Crippen molar-refractivity contribution in [1.82, 2.24) is 14.7 Å². The van der Waals surface area contributed by atoms with E-state index in [1.807, 2.05) is 26.5 Å². The normalized spacial score (nSPS) is 15.3. The Hall–Kier alpha value is -0.910. The lowest BCUT2D eigenvalue weighted by molar-refractivity contribution is 0.114. The van der Waals surface area contributed by atoms with Crippen LogP contribution in [0, 0.1) is 5.92 Å². The van der Waals surface area contributed by atoms with E-state index in [4.69, 9.17) is 5.73 Å². The van der Waals surface area contributed by atoms with E-state index < -0.39 is 0 Å². The fourth-order valence-corrected chi connectivity index (χ4v) is 2.26. The molecular weight excluding hydrogens is 228 g/mol. The highest BCUT2D eigenvalue weighted by atomic mass is 16.3. The van der Waals surface area contributed by atoms with Gasteiger partial charge < -0.3 is 10.8 Å². The van der Waals surface area contributed by atoms with Crippen LogP contribution < -0.4 is 5.73 Å². The Kier molecular flexibility index (Phi) is 5.78. The van der Waals surface area contributed by atoms with Crippen LogP contribution in [0.5, 0.6) is 0 Å². The minimum Gasteiger partial charge on any atom is -0.395 e. The molecule has 0 saturated carbocycles. The predicted octanol–water partition coefficient (Wildman–Crippen LogP) is 0.586. The van der Waals surface area contributed by atoms with Gasteiger partial charge in [-0.15, -0.1) is 0 Å². The number of rotatable bonds is 7. The van der Waals surface area contributed by atoms with Crippen molar-refractivity contribution in [3.8, 4) is 0 Å². The van der Waals surface area contributed by atoms with Crippen LogP contribution in [-0.4, -0.2) is 45.5 Å². The van der Waals surface area contributed by atoms with Crippen LogP contribution in [0.15, 0.2) is 12.4 Å². The Bertz CT molecular complexity index is 351. The molecule has 0 aromatic carbocycles. The van der Waals surface area contributed by atoms with Crippen LogP contribution in [0.2, 0.25) is 0 Å². The fourth-order valence-electron chi connectivity index (χ4n) is 2.26. The maximum Gasteiger partial charge on any atom is 0.0601 e. The summed E-state index contributed by atoms with van der Waals surface area (Å²) >= 11 is 0. The van der Waals surface area contributed by atoms with Gasteiger partial charge >= 0.3 is 0 Å². The monoisotopic (exact) mass is 254 g/mol. The van der Waals surface area contributed by atoms with Gasteiger partial charge in [-0.2, -0.15) is 5.10 Å². The quantitative estimate of drug-likeness (QED) is 0.747. The predicted molar refractivity (Wildman–Crippen MR) is 73.0 cm³/mol. The van der Waals surface area contributed by atoms with Crippen LogP contribution in [0.4, 0.5) is 0 Å². The molecule has 5 heteroatoms. The van der Waals surface area contributed by atoms with E-state index in [0.717, 1.165) is 18.5 Å². The van der Waals surface area contributed by atoms with E-state index in [2.05, 4.69) is 23.8 Å². The van der Waals surface area contributed by atoms with E-state index in [0.29, 0.717) is 5.92 Å². The molecule has 1 aromatic heterocycles. The number of likely N-dealkylation sites (N-methyl/N-ethyl adjacent to an activating group) is 1. The zero-order chi connectivity index (χ0) is 13.7. The van der Waals surface area contributed by atoms with Crippen molar-refractivity contribution in [1.29, 1.82) is 0 Å². The minimum atomic E-state index is -0.00685. The third-order valence-electron chi connectivity index (χ3n) is 3.18. The smallest absolute Gasteiger partial charge is 0.0601 e. The summed E-state index contributed by atoms with van der Waals surface area (Å²) in [5.74, 6) is 0.542. The molecule has 0 amide bonds. The average Bonchev–Trinajstić information content (AvgIpc) is 2.63. The third-order valence-corrected chi connectivity index (χ3v) is 3.18. The number of aryl methyl sites for hydroxylation is 1. The lowest BCUT2D eigenvalue weighted by Gasteiger charge is -2.31. The second kappa shape index (κ2) is 6.87. The summed E-state index contributed by atoms with van der Waals surface area (Å²) in [5, 5.41) is 13.7. The molecule has 1 aromatic rings. The first-order valence-corrected chi connectivity index (χ1v) is 6.48. The lowest BCUT2D eigenvalue weighted by Crippen LogP contribution is -2.48. The molecule has 104 valence electrons. The Morgan fingerprint density at radius 1 is 1.50 bits per heavy atom. The first-order valence-electron chi connectivity index (χ1n) is 6.48. The van der Waals surface area contributed by atoms with Crippen LogP contribution in [0.3, 0.4) is 0 Å². The number of hydrogen-bond acceptors (Lipinski definition) is 4. The zero-order valence-corrected chi connectivity index (χ0v) is 11.9. The van der Waals surface area contributed by atoms with E-state index in [9.17, 15) is 5.11 Å². The highest BCUT2D eigenvalue weighted by molar-refractivity contribution is 5.03. The standard InChI is InChI=1S/C13H26N4O/c1-10(2)5-12(14)13(9-18)16(3)7-11-6-15-17(4)8-11/h6,8,10,12-13,18H,5,7,9,14H2,1-4H3. The zero-order valence-electron chi connectivity index (χ0n) is 11.9. The third kappa shape index (κ3) is 4.40. The van der Waals surface area contributed by atoms with E-state index in [-0.39, 0.29) is 18.7 Å². The second-order valence-electron chi connectivity index (χ2n) is 5.48. The largest absolute Gasteiger partial charge is 0.395 e. The molecule has 0 bridgehead atoms. The van der Waals surface area contributed by atoms with Gasteiger partial charge in [-0.1, -0.05) is 13.8 Å². The number of aromatic nitrogens is 2. The highest BCUT2D eigenvalue weighted by Gasteiger charge is 2.22. The van der Waals surface area contributed by atoms with E-state index in [1.54, 1.807) is 4.68 Å². The van der Waals surface area contributed by atoms with Gasteiger partial charge in [0.1, 0.15) is 0 Å². The number of aliphatic hydroxyl groups is 1. The summed E-state index contributed by atoms with van der Waals surface area (Å²) in [7, 11) is 3.89. The van der Waals surface area contributed by atoms with Crippen LogP contribution >= 0.6 is 0 Å². The molecule has 1 heterocycles. The molecule has 0 aliphatic carbocycles. The molecule has 3 N–H and O–H groups in total. The van der Waals surface area contributed by atoms with Gasteiger partial charge in [0, 0.05) is 37.4 Å². The number of nitrogens with two attached hydrogens (primary N) is 1. The highest BCUT2D eigenvalue weighted by Crippen LogP contribution is 2.12. The molecular formula is C13H26N4O.